The zero-order valence-electron chi connectivity index (χ0n) is 19.9. The number of carbonyl (C=O) groups is 1. The molecule has 1 aromatic heterocycles. The Kier molecular flexibility index (Phi) is 11.8. The number of nitrogens with one attached hydrogen (secondary N) is 2. The van der Waals surface area contributed by atoms with Crippen molar-refractivity contribution in [3.63, 3.8) is 0 Å². The number of hydrogen-bond acceptors (Lipinski definition) is 5. The Morgan fingerprint density at radius 2 is 2.00 bits per heavy atom. The average Bonchev–Trinajstić information content (AvgIpc) is 3.48. The van der Waals surface area contributed by atoms with E-state index in [2.05, 4.69) is 31.5 Å². The van der Waals surface area contributed by atoms with Crippen LogP contribution in [0.15, 0.2) is 27.8 Å². The van der Waals surface area contributed by atoms with Crippen molar-refractivity contribution >= 4 is 35.8 Å². The second-order valence-corrected chi connectivity index (χ2v) is 8.79. The average molecular weight is 561 g/mol. The summed E-state index contributed by atoms with van der Waals surface area (Å²) in [5.41, 5.74) is 0. The third-order valence-electron chi connectivity index (χ3n) is 6.39. The standard InChI is InChI=1S/C23H40N6O2.HI/c1-24-23(25-12-9-16-28-15-7-10-19(28)22(30)27(2)3)26-18-20(21-11-8-17-31-21)29-13-5-4-6-14-29;/h8,11,17,19-20H,4-7,9-10,12-16,18H2,1-3H3,(H2,24,25,26);1H. The fourth-order valence-electron chi connectivity index (χ4n) is 4.69. The number of likely N-dealkylation sites (N-methyl/N-ethyl adjacent to an activating group) is 1. The van der Waals surface area contributed by atoms with E-state index in [1.54, 1.807) is 11.2 Å². The minimum Gasteiger partial charge on any atom is -0.468 e. The predicted molar refractivity (Wildman–Crippen MR) is 140 cm³/mol. The first-order chi connectivity index (χ1) is 15.1. The van der Waals surface area contributed by atoms with Crippen molar-refractivity contribution in [2.75, 3.05) is 60.4 Å². The van der Waals surface area contributed by atoms with Crippen LogP contribution in [0.2, 0.25) is 0 Å². The molecule has 32 heavy (non-hydrogen) atoms. The lowest BCUT2D eigenvalue weighted by molar-refractivity contribution is -0.133. The summed E-state index contributed by atoms with van der Waals surface area (Å²) in [4.78, 5) is 23.3. The number of likely N-dealkylation sites (tertiary alicyclic amines) is 2. The molecular weight excluding hydrogens is 519 g/mol. The quantitative estimate of drug-likeness (QED) is 0.209. The van der Waals surface area contributed by atoms with Crippen molar-refractivity contribution in [2.45, 2.75) is 50.6 Å². The molecule has 2 saturated heterocycles. The second-order valence-electron chi connectivity index (χ2n) is 8.79. The highest BCUT2D eigenvalue weighted by Gasteiger charge is 2.31. The molecule has 2 fully saturated rings. The van der Waals surface area contributed by atoms with Crippen molar-refractivity contribution in [3.8, 4) is 0 Å². The first kappa shape index (κ1) is 26.9. The maximum atomic E-state index is 12.3. The molecule has 182 valence electrons. The molecule has 0 spiro atoms. The van der Waals surface area contributed by atoms with Gasteiger partial charge in [-0.25, -0.2) is 0 Å². The molecule has 8 nitrogen and oxygen atoms in total. The molecule has 2 aliphatic rings. The van der Waals surface area contributed by atoms with Crippen LogP contribution in [-0.2, 0) is 4.79 Å². The summed E-state index contributed by atoms with van der Waals surface area (Å²) in [6, 6.07) is 4.30. The van der Waals surface area contributed by atoms with E-state index < -0.39 is 0 Å². The summed E-state index contributed by atoms with van der Waals surface area (Å²) in [5.74, 6) is 2.05. The molecule has 2 unspecified atom stereocenters. The highest BCUT2D eigenvalue weighted by molar-refractivity contribution is 14.0. The van der Waals surface area contributed by atoms with Crippen LogP contribution in [0.5, 0.6) is 0 Å². The number of aliphatic imine (C=N–C) groups is 1. The number of halogens is 1. The van der Waals surface area contributed by atoms with Gasteiger partial charge in [-0.1, -0.05) is 6.42 Å². The number of rotatable bonds is 9. The fraction of sp³-hybridized carbons (Fsp3) is 0.739. The molecule has 2 N–H and O–H groups in total. The van der Waals surface area contributed by atoms with E-state index in [1.165, 1.54) is 19.3 Å². The van der Waals surface area contributed by atoms with Gasteiger partial charge < -0.3 is 20.0 Å². The van der Waals surface area contributed by atoms with Gasteiger partial charge in [-0.2, -0.15) is 0 Å². The van der Waals surface area contributed by atoms with E-state index >= 15 is 0 Å². The lowest BCUT2D eigenvalue weighted by Gasteiger charge is -2.33. The SMILES string of the molecule is CN=C(NCCCN1CCCC1C(=O)N(C)C)NCC(c1ccco1)N1CCCCC1.I. The van der Waals surface area contributed by atoms with Gasteiger partial charge in [-0.15, -0.1) is 24.0 Å². The van der Waals surface area contributed by atoms with Gasteiger partial charge in [0.1, 0.15) is 5.76 Å². The Hall–Kier alpha value is -1.33. The minimum atomic E-state index is 0. The fourth-order valence-corrected chi connectivity index (χ4v) is 4.69. The molecule has 9 heteroatoms. The van der Waals surface area contributed by atoms with Crippen LogP contribution < -0.4 is 10.6 Å². The van der Waals surface area contributed by atoms with E-state index in [-0.39, 0.29) is 42.0 Å². The maximum absolute atomic E-state index is 12.3. The molecule has 0 radical (unpaired) electrons. The third kappa shape index (κ3) is 7.62. The largest absolute Gasteiger partial charge is 0.468 e. The van der Waals surface area contributed by atoms with Gasteiger partial charge in [0.2, 0.25) is 5.91 Å². The van der Waals surface area contributed by atoms with Gasteiger partial charge in [-0.3, -0.25) is 19.6 Å². The molecule has 0 aromatic carbocycles. The molecule has 1 amide bonds. The van der Waals surface area contributed by atoms with Crippen molar-refractivity contribution in [1.29, 1.82) is 0 Å². The van der Waals surface area contributed by atoms with Gasteiger partial charge in [0.05, 0.1) is 18.3 Å². The summed E-state index contributed by atoms with van der Waals surface area (Å²) in [6.45, 7) is 5.76. The highest BCUT2D eigenvalue weighted by atomic mass is 127. The van der Waals surface area contributed by atoms with E-state index in [0.29, 0.717) is 0 Å². The number of nitrogens with zero attached hydrogens (tertiary/aromatic N) is 4. The van der Waals surface area contributed by atoms with Crippen LogP contribution in [-0.4, -0.2) is 93.0 Å². The van der Waals surface area contributed by atoms with Gasteiger partial charge in [0.25, 0.3) is 0 Å². The minimum absolute atomic E-state index is 0. The van der Waals surface area contributed by atoms with E-state index in [9.17, 15) is 4.79 Å². The van der Waals surface area contributed by atoms with E-state index in [0.717, 1.165) is 70.3 Å². The Labute approximate surface area is 210 Å². The van der Waals surface area contributed by atoms with E-state index in [4.69, 9.17) is 4.42 Å². The first-order valence-corrected chi connectivity index (χ1v) is 11.8. The van der Waals surface area contributed by atoms with Gasteiger partial charge in [0, 0.05) is 40.8 Å². The zero-order valence-corrected chi connectivity index (χ0v) is 22.2. The van der Waals surface area contributed by atoms with E-state index in [1.807, 2.05) is 27.2 Å². The smallest absolute Gasteiger partial charge is 0.239 e. The van der Waals surface area contributed by atoms with Crippen LogP contribution in [0, 0.1) is 0 Å². The molecular formula is C23H41IN6O2. The Morgan fingerprint density at radius 1 is 1.22 bits per heavy atom. The highest BCUT2D eigenvalue weighted by Crippen LogP contribution is 2.24. The Morgan fingerprint density at radius 3 is 2.66 bits per heavy atom. The molecule has 3 heterocycles. The first-order valence-electron chi connectivity index (χ1n) is 11.8. The van der Waals surface area contributed by atoms with Crippen molar-refractivity contribution in [3.05, 3.63) is 24.2 Å². The number of hydrogen-bond donors (Lipinski definition) is 2. The second kappa shape index (κ2) is 14.0. The third-order valence-corrected chi connectivity index (χ3v) is 6.39. The molecule has 0 aliphatic carbocycles. The van der Waals surface area contributed by atoms with Crippen LogP contribution in [0.1, 0.15) is 50.3 Å². The summed E-state index contributed by atoms with van der Waals surface area (Å²) in [5, 5.41) is 6.92. The molecule has 3 rings (SSSR count). The number of furan rings is 1. The normalized spacial score (nSPS) is 21.1. The molecule has 1 aromatic rings. The summed E-state index contributed by atoms with van der Waals surface area (Å²) in [6.07, 6.45) is 8.62. The molecule has 0 saturated carbocycles. The van der Waals surface area contributed by atoms with Gasteiger partial charge in [-0.05, 0) is 63.9 Å². The number of amides is 1. The van der Waals surface area contributed by atoms with Crippen LogP contribution in [0.4, 0.5) is 0 Å². The van der Waals surface area contributed by atoms with Crippen molar-refractivity contribution in [2.24, 2.45) is 4.99 Å². The molecule has 2 atom stereocenters. The maximum Gasteiger partial charge on any atom is 0.239 e. The predicted octanol–water partition coefficient (Wildman–Crippen LogP) is 2.53. The van der Waals surface area contributed by atoms with Crippen molar-refractivity contribution < 1.29 is 9.21 Å². The Balaban J connectivity index is 0.00000363. The number of piperidine rings is 1. The van der Waals surface area contributed by atoms with Gasteiger partial charge >= 0.3 is 0 Å². The van der Waals surface area contributed by atoms with Crippen LogP contribution in [0.3, 0.4) is 0 Å². The van der Waals surface area contributed by atoms with Crippen LogP contribution >= 0.6 is 24.0 Å². The topological polar surface area (TPSA) is 76.4 Å². The molecule has 0 bridgehead atoms. The van der Waals surface area contributed by atoms with Crippen molar-refractivity contribution in [1.82, 2.24) is 25.3 Å². The Bertz CT molecular complexity index is 691. The van der Waals surface area contributed by atoms with Crippen LogP contribution in [0.25, 0.3) is 0 Å². The summed E-state index contributed by atoms with van der Waals surface area (Å²) < 4.78 is 5.74. The zero-order chi connectivity index (χ0) is 22.1. The monoisotopic (exact) mass is 560 g/mol. The van der Waals surface area contributed by atoms with Gasteiger partial charge in [0.15, 0.2) is 5.96 Å². The summed E-state index contributed by atoms with van der Waals surface area (Å²) >= 11 is 0. The summed E-state index contributed by atoms with van der Waals surface area (Å²) in [7, 11) is 5.50. The lowest BCUT2D eigenvalue weighted by Crippen LogP contribution is -2.45. The number of guanidine groups is 1. The number of carbonyl (C=O) groups excluding carboxylic acids is 1. The molecule has 2 aliphatic heterocycles. The lowest BCUT2D eigenvalue weighted by atomic mass is 10.1.